The molecule has 1 saturated carbocycles. The molecule has 0 unspecified atom stereocenters. The molecule has 2 heterocycles. The van der Waals surface area contributed by atoms with Gasteiger partial charge in [-0.2, -0.15) is 10.1 Å². The number of hydrogen-bond acceptors (Lipinski definition) is 5. The van der Waals surface area contributed by atoms with Crippen molar-refractivity contribution in [2.45, 2.75) is 38.5 Å². The summed E-state index contributed by atoms with van der Waals surface area (Å²) in [4.78, 5) is 8.98. The smallest absolute Gasteiger partial charge is 0.227 e. The van der Waals surface area contributed by atoms with E-state index in [9.17, 15) is 0 Å². The van der Waals surface area contributed by atoms with E-state index in [4.69, 9.17) is 4.52 Å². The van der Waals surface area contributed by atoms with Crippen LogP contribution < -0.4 is 0 Å². The molecule has 1 aliphatic carbocycles. The van der Waals surface area contributed by atoms with E-state index in [1.165, 1.54) is 12.8 Å². The van der Waals surface area contributed by atoms with Crippen molar-refractivity contribution in [2.75, 3.05) is 0 Å². The van der Waals surface area contributed by atoms with Gasteiger partial charge in [0.15, 0.2) is 5.82 Å². The number of nitrogens with one attached hydrogen (secondary N) is 1. The number of aromatic amines is 1. The Morgan fingerprint density at radius 2 is 2.05 bits per heavy atom. The van der Waals surface area contributed by atoms with Gasteiger partial charge in [-0.1, -0.05) is 29.4 Å². The highest BCUT2D eigenvalue weighted by Gasteiger charge is 2.27. The third kappa shape index (κ3) is 2.64. The minimum absolute atomic E-state index is 0.570. The molecule has 0 spiro atoms. The molecule has 0 atom stereocenters. The lowest BCUT2D eigenvalue weighted by molar-refractivity contribution is 0.378. The number of aryl methyl sites for hydroxylation is 3. The summed E-state index contributed by atoms with van der Waals surface area (Å²) in [6.07, 6.45) is 3.81. The molecule has 22 heavy (non-hydrogen) atoms. The highest BCUT2D eigenvalue weighted by molar-refractivity contribution is 5.58. The summed E-state index contributed by atoms with van der Waals surface area (Å²) in [5.41, 5.74) is 2.15. The summed E-state index contributed by atoms with van der Waals surface area (Å²) in [6.45, 7) is 2.04. The van der Waals surface area contributed by atoms with Crippen molar-refractivity contribution in [1.29, 1.82) is 0 Å². The number of rotatable bonds is 5. The Morgan fingerprint density at radius 3 is 2.86 bits per heavy atom. The normalized spacial score (nSPS) is 14.4. The van der Waals surface area contributed by atoms with Crippen molar-refractivity contribution in [3.8, 4) is 11.4 Å². The number of aromatic nitrogens is 5. The van der Waals surface area contributed by atoms with Crippen LogP contribution in [-0.2, 0) is 12.8 Å². The second-order valence-electron chi connectivity index (χ2n) is 5.74. The molecule has 4 rings (SSSR count). The monoisotopic (exact) mass is 295 g/mol. The molecule has 1 aromatic carbocycles. The minimum Gasteiger partial charge on any atom is -0.339 e. The lowest BCUT2D eigenvalue weighted by atomic mass is 10.1. The largest absolute Gasteiger partial charge is 0.339 e. The molecule has 1 N–H and O–H groups in total. The van der Waals surface area contributed by atoms with E-state index in [1.807, 2.05) is 31.2 Å². The van der Waals surface area contributed by atoms with Gasteiger partial charge in [-0.25, -0.2) is 4.98 Å². The molecule has 6 nitrogen and oxygen atoms in total. The van der Waals surface area contributed by atoms with Crippen molar-refractivity contribution in [3.05, 3.63) is 47.4 Å². The molecule has 1 aliphatic rings. The predicted molar refractivity (Wildman–Crippen MR) is 80.2 cm³/mol. The molecule has 0 saturated heterocycles. The number of nitrogens with zero attached hydrogens (tertiary/aromatic N) is 4. The molecule has 2 aromatic heterocycles. The number of H-pyrrole nitrogens is 1. The zero-order valence-corrected chi connectivity index (χ0v) is 12.4. The fourth-order valence-electron chi connectivity index (χ4n) is 2.46. The first-order valence-corrected chi connectivity index (χ1v) is 7.59. The number of hydrogen-bond donors (Lipinski definition) is 1. The average Bonchev–Trinajstić information content (AvgIpc) is 3.09. The zero-order chi connectivity index (χ0) is 14.9. The Morgan fingerprint density at radius 1 is 1.18 bits per heavy atom. The predicted octanol–water partition coefficient (Wildman–Crippen LogP) is 2.83. The van der Waals surface area contributed by atoms with Crippen LogP contribution in [0.25, 0.3) is 11.4 Å². The summed E-state index contributed by atoms with van der Waals surface area (Å²) in [5.74, 6) is 3.67. The van der Waals surface area contributed by atoms with Crippen molar-refractivity contribution >= 4 is 0 Å². The van der Waals surface area contributed by atoms with Crippen LogP contribution in [0.5, 0.6) is 0 Å². The van der Waals surface area contributed by atoms with Gasteiger partial charge in [0.2, 0.25) is 11.7 Å². The quantitative estimate of drug-likeness (QED) is 0.782. The molecule has 3 aromatic rings. The summed E-state index contributed by atoms with van der Waals surface area (Å²) >= 11 is 0. The van der Waals surface area contributed by atoms with Gasteiger partial charge in [-0.3, -0.25) is 5.10 Å². The Balaban J connectivity index is 1.44. The van der Waals surface area contributed by atoms with Crippen molar-refractivity contribution in [3.63, 3.8) is 0 Å². The van der Waals surface area contributed by atoms with Crippen LogP contribution in [0.2, 0.25) is 0 Å². The van der Waals surface area contributed by atoms with E-state index in [2.05, 4.69) is 25.3 Å². The third-order valence-corrected chi connectivity index (χ3v) is 3.92. The van der Waals surface area contributed by atoms with Crippen molar-refractivity contribution in [2.24, 2.45) is 0 Å². The van der Waals surface area contributed by atoms with E-state index in [1.54, 1.807) is 0 Å². The first kappa shape index (κ1) is 13.2. The number of benzene rings is 1. The van der Waals surface area contributed by atoms with Crippen LogP contribution in [0, 0.1) is 6.92 Å². The topological polar surface area (TPSA) is 80.5 Å². The first-order chi connectivity index (χ1) is 10.8. The molecule has 112 valence electrons. The lowest BCUT2D eigenvalue weighted by Gasteiger charge is -1.97. The van der Waals surface area contributed by atoms with Crippen LogP contribution in [0.15, 0.2) is 28.8 Å². The fraction of sp³-hybridized carbons (Fsp3) is 0.375. The maximum atomic E-state index is 5.34. The summed E-state index contributed by atoms with van der Waals surface area (Å²) < 4.78 is 5.34. The summed E-state index contributed by atoms with van der Waals surface area (Å²) in [6, 6.07) is 8.02. The molecule has 0 radical (unpaired) electrons. The van der Waals surface area contributed by atoms with Gasteiger partial charge in [0.25, 0.3) is 0 Å². The Kier molecular flexibility index (Phi) is 3.21. The second kappa shape index (κ2) is 5.36. The summed E-state index contributed by atoms with van der Waals surface area (Å²) in [5, 5.41) is 11.3. The molecular weight excluding hydrogens is 278 g/mol. The van der Waals surface area contributed by atoms with Gasteiger partial charge < -0.3 is 4.52 Å². The maximum Gasteiger partial charge on any atom is 0.227 e. The van der Waals surface area contributed by atoms with Gasteiger partial charge >= 0.3 is 0 Å². The molecular formula is C16H17N5O. The molecule has 0 bridgehead atoms. The highest BCUT2D eigenvalue weighted by atomic mass is 16.5. The fourth-order valence-corrected chi connectivity index (χ4v) is 2.46. The Labute approximate surface area is 128 Å². The van der Waals surface area contributed by atoms with Gasteiger partial charge in [-0.05, 0) is 25.3 Å². The average molecular weight is 295 g/mol. The lowest BCUT2D eigenvalue weighted by Crippen LogP contribution is -1.94. The van der Waals surface area contributed by atoms with Gasteiger partial charge in [-0.15, -0.1) is 0 Å². The standard InChI is InChI=1S/C16H17N5O/c1-10-4-2-3-5-12(10)16-18-14(22-21-16)9-8-13-17-15(20-19-13)11-6-7-11/h2-5,11H,6-9H2,1H3,(H,17,19,20). The Bertz CT molecular complexity index is 787. The molecule has 1 fully saturated rings. The molecule has 0 amide bonds. The van der Waals surface area contributed by atoms with E-state index in [-0.39, 0.29) is 0 Å². The van der Waals surface area contributed by atoms with Gasteiger partial charge in [0.05, 0.1) is 0 Å². The van der Waals surface area contributed by atoms with E-state index < -0.39 is 0 Å². The SMILES string of the molecule is Cc1ccccc1-c1noc(CCc2nc(C3CC3)n[nH]2)n1. The van der Waals surface area contributed by atoms with Crippen molar-refractivity contribution in [1.82, 2.24) is 25.3 Å². The molecule has 0 aliphatic heterocycles. The van der Waals surface area contributed by atoms with Crippen LogP contribution >= 0.6 is 0 Å². The third-order valence-electron chi connectivity index (χ3n) is 3.92. The minimum atomic E-state index is 0.570. The second-order valence-corrected chi connectivity index (χ2v) is 5.74. The van der Waals surface area contributed by atoms with E-state index in [0.717, 1.165) is 29.2 Å². The zero-order valence-electron chi connectivity index (χ0n) is 12.4. The van der Waals surface area contributed by atoms with E-state index >= 15 is 0 Å². The van der Waals surface area contributed by atoms with Gasteiger partial charge in [0.1, 0.15) is 5.82 Å². The van der Waals surface area contributed by atoms with Crippen molar-refractivity contribution < 1.29 is 4.52 Å². The first-order valence-electron chi connectivity index (χ1n) is 7.59. The highest BCUT2D eigenvalue weighted by Crippen LogP contribution is 2.37. The van der Waals surface area contributed by atoms with Crippen LogP contribution in [0.1, 0.15) is 41.9 Å². The van der Waals surface area contributed by atoms with Crippen LogP contribution in [0.4, 0.5) is 0 Å². The van der Waals surface area contributed by atoms with Crippen LogP contribution in [-0.4, -0.2) is 25.3 Å². The maximum absolute atomic E-state index is 5.34. The summed E-state index contributed by atoms with van der Waals surface area (Å²) in [7, 11) is 0. The molecule has 6 heteroatoms. The van der Waals surface area contributed by atoms with Gasteiger partial charge in [0, 0.05) is 24.3 Å². The Hall–Kier alpha value is -2.50. The van der Waals surface area contributed by atoms with E-state index in [0.29, 0.717) is 24.1 Å². The van der Waals surface area contributed by atoms with Crippen LogP contribution in [0.3, 0.4) is 0 Å².